The molecule has 0 aliphatic rings. The predicted molar refractivity (Wildman–Crippen MR) is 87.8 cm³/mol. The maximum atomic E-state index is 4.62. The number of aromatic nitrogens is 5. The van der Waals surface area contributed by atoms with Gasteiger partial charge in [-0.1, -0.05) is 65.9 Å². The molecule has 2 aromatic heterocycles. The molecule has 0 unspecified atom stereocenters. The third-order valence-corrected chi connectivity index (χ3v) is 3.51. The summed E-state index contributed by atoms with van der Waals surface area (Å²) < 4.78 is 1.73. The minimum absolute atomic E-state index is 0.664. The van der Waals surface area contributed by atoms with E-state index in [1.165, 1.54) is 0 Å². The van der Waals surface area contributed by atoms with Crippen LogP contribution >= 0.6 is 0 Å². The first kappa shape index (κ1) is 13.3. The summed E-state index contributed by atoms with van der Waals surface area (Å²) in [7, 11) is 0. The summed E-state index contributed by atoms with van der Waals surface area (Å²) in [5.74, 6) is 1.35. The van der Waals surface area contributed by atoms with Crippen molar-refractivity contribution in [2.75, 3.05) is 0 Å². The smallest absolute Gasteiger partial charge is 0.161 e. The summed E-state index contributed by atoms with van der Waals surface area (Å²) >= 11 is 0. The molecule has 0 saturated carbocycles. The maximum absolute atomic E-state index is 4.62. The molecule has 5 nitrogen and oxygen atoms in total. The van der Waals surface area contributed by atoms with Gasteiger partial charge in [-0.15, -0.1) is 5.10 Å². The zero-order valence-corrected chi connectivity index (χ0v) is 12.2. The lowest BCUT2D eigenvalue weighted by molar-refractivity contribution is 0.783. The summed E-state index contributed by atoms with van der Waals surface area (Å²) in [5.41, 5.74) is 2.90. The first-order chi connectivity index (χ1) is 11.4. The van der Waals surface area contributed by atoms with Crippen LogP contribution < -0.4 is 0 Å². The highest BCUT2D eigenvalue weighted by atomic mass is 15.4. The van der Waals surface area contributed by atoms with Gasteiger partial charge in [0.1, 0.15) is 0 Å². The topological polar surface area (TPSA) is 56.5 Å². The van der Waals surface area contributed by atoms with Gasteiger partial charge in [-0.05, 0) is 0 Å². The van der Waals surface area contributed by atoms with Crippen molar-refractivity contribution in [1.29, 1.82) is 0 Å². The Kier molecular flexibility index (Phi) is 3.37. The largest absolute Gasteiger partial charge is 0.236 e. The average Bonchev–Trinajstić information content (AvgIpc) is 3.13. The van der Waals surface area contributed by atoms with E-state index in [9.17, 15) is 0 Å². The normalized spacial score (nSPS) is 10.6. The van der Waals surface area contributed by atoms with Gasteiger partial charge >= 0.3 is 0 Å². The minimum Gasteiger partial charge on any atom is -0.236 e. The van der Waals surface area contributed by atoms with Crippen LogP contribution in [-0.4, -0.2) is 25.0 Å². The van der Waals surface area contributed by atoms with Gasteiger partial charge in [-0.25, -0.2) is 9.97 Å². The van der Waals surface area contributed by atoms with E-state index < -0.39 is 0 Å². The molecule has 0 spiro atoms. The van der Waals surface area contributed by atoms with Crippen molar-refractivity contribution in [1.82, 2.24) is 25.0 Å². The molecule has 5 heteroatoms. The third-order valence-electron chi connectivity index (χ3n) is 3.51. The molecule has 4 rings (SSSR count). The van der Waals surface area contributed by atoms with E-state index in [1.54, 1.807) is 17.1 Å². The van der Waals surface area contributed by atoms with E-state index >= 15 is 0 Å². The van der Waals surface area contributed by atoms with Crippen LogP contribution in [0.1, 0.15) is 0 Å². The Labute approximate surface area is 133 Å². The third kappa shape index (κ3) is 2.60. The molecule has 23 heavy (non-hydrogen) atoms. The zero-order valence-electron chi connectivity index (χ0n) is 12.2. The predicted octanol–water partition coefficient (Wildman–Crippen LogP) is 3.39. The summed E-state index contributed by atoms with van der Waals surface area (Å²) in [4.78, 5) is 8.97. The Balaban J connectivity index is 1.80. The standard InChI is InChI=1S/C18H13N5/c1-3-7-14(8-4-1)16-13-20-22-23(16)17-11-12-19-18(21-17)15-9-5-2-6-10-15/h1-13H. The van der Waals surface area contributed by atoms with Crippen LogP contribution in [0, 0.1) is 0 Å². The number of nitrogens with zero attached hydrogens (tertiary/aromatic N) is 5. The average molecular weight is 299 g/mol. The highest BCUT2D eigenvalue weighted by molar-refractivity contribution is 5.61. The second-order valence-electron chi connectivity index (χ2n) is 5.00. The van der Waals surface area contributed by atoms with Crippen LogP contribution in [0.2, 0.25) is 0 Å². The lowest BCUT2D eigenvalue weighted by Crippen LogP contribution is -2.03. The van der Waals surface area contributed by atoms with Crippen LogP contribution in [0.3, 0.4) is 0 Å². The van der Waals surface area contributed by atoms with Gasteiger partial charge in [0.15, 0.2) is 11.6 Å². The number of hydrogen-bond acceptors (Lipinski definition) is 4. The fraction of sp³-hybridized carbons (Fsp3) is 0. The lowest BCUT2D eigenvalue weighted by Gasteiger charge is -2.07. The van der Waals surface area contributed by atoms with Crippen molar-refractivity contribution in [3.63, 3.8) is 0 Å². The molecular formula is C18H13N5. The van der Waals surface area contributed by atoms with Gasteiger partial charge in [0, 0.05) is 23.4 Å². The van der Waals surface area contributed by atoms with Crippen LogP contribution in [0.5, 0.6) is 0 Å². The Morgan fingerprint density at radius 2 is 1.43 bits per heavy atom. The molecule has 4 aromatic rings. The van der Waals surface area contributed by atoms with Crippen molar-refractivity contribution in [3.05, 3.63) is 79.1 Å². The van der Waals surface area contributed by atoms with Gasteiger partial charge in [-0.3, -0.25) is 0 Å². The van der Waals surface area contributed by atoms with E-state index in [-0.39, 0.29) is 0 Å². The Bertz CT molecular complexity index is 916. The Morgan fingerprint density at radius 1 is 0.739 bits per heavy atom. The molecule has 0 bridgehead atoms. The molecule has 0 aliphatic heterocycles. The Morgan fingerprint density at radius 3 is 2.17 bits per heavy atom. The summed E-state index contributed by atoms with van der Waals surface area (Å²) in [6.45, 7) is 0. The van der Waals surface area contributed by atoms with E-state index in [0.29, 0.717) is 11.6 Å². The van der Waals surface area contributed by atoms with E-state index in [0.717, 1.165) is 16.8 Å². The number of rotatable bonds is 3. The zero-order chi connectivity index (χ0) is 15.5. The molecule has 0 aliphatic carbocycles. The van der Waals surface area contributed by atoms with Crippen molar-refractivity contribution < 1.29 is 0 Å². The molecule has 0 atom stereocenters. The SMILES string of the molecule is c1ccc(-c2nccc(-n3nncc3-c3ccccc3)n2)cc1. The van der Waals surface area contributed by atoms with Gasteiger partial charge in [0.2, 0.25) is 0 Å². The van der Waals surface area contributed by atoms with Gasteiger partial charge in [0.05, 0.1) is 11.9 Å². The molecule has 0 fully saturated rings. The minimum atomic E-state index is 0.664. The highest BCUT2D eigenvalue weighted by Crippen LogP contribution is 2.21. The summed E-state index contributed by atoms with van der Waals surface area (Å²) in [6, 6.07) is 21.7. The van der Waals surface area contributed by atoms with E-state index in [2.05, 4.69) is 20.3 Å². The van der Waals surface area contributed by atoms with Crippen molar-refractivity contribution in [2.24, 2.45) is 0 Å². The van der Waals surface area contributed by atoms with Crippen molar-refractivity contribution in [2.45, 2.75) is 0 Å². The van der Waals surface area contributed by atoms with Crippen molar-refractivity contribution >= 4 is 0 Å². The summed E-state index contributed by atoms with van der Waals surface area (Å²) in [6.07, 6.45) is 3.47. The van der Waals surface area contributed by atoms with Gasteiger partial charge in [-0.2, -0.15) is 4.68 Å². The molecule has 2 aromatic carbocycles. The van der Waals surface area contributed by atoms with E-state index in [1.807, 2.05) is 66.7 Å². The van der Waals surface area contributed by atoms with E-state index in [4.69, 9.17) is 0 Å². The summed E-state index contributed by atoms with van der Waals surface area (Å²) in [5, 5.41) is 8.20. The molecule has 0 amide bonds. The van der Waals surface area contributed by atoms with Gasteiger partial charge in [0.25, 0.3) is 0 Å². The fourth-order valence-corrected chi connectivity index (χ4v) is 2.40. The molecule has 0 radical (unpaired) electrons. The molecule has 0 saturated heterocycles. The monoisotopic (exact) mass is 299 g/mol. The van der Waals surface area contributed by atoms with Crippen LogP contribution in [-0.2, 0) is 0 Å². The first-order valence-electron chi connectivity index (χ1n) is 7.27. The maximum Gasteiger partial charge on any atom is 0.161 e. The molecule has 110 valence electrons. The second-order valence-corrected chi connectivity index (χ2v) is 5.00. The van der Waals surface area contributed by atoms with Crippen molar-refractivity contribution in [3.8, 4) is 28.5 Å². The van der Waals surface area contributed by atoms with Gasteiger partial charge < -0.3 is 0 Å². The van der Waals surface area contributed by atoms with Crippen LogP contribution in [0.4, 0.5) is 0 Å². The van der Waals surface area contributed by atoms with Crippen LogP contribution in [0.15, 0.2) is 79.1 Å². The van der Waals surface area contributed by atoms with Crippen LogP contribution in [0.25, 0.3) is 28.5 Å². The fourth-order valence-electron chi connectivity index (χ4n) is 2.40. The second kappa shape index (κ2) is 5.81. The molecule has 0 N–H and O–H groups in total. The Hall–Kier alpha value is -3.34. The highest BCUT2D eigenvalue weighted by Gasteiger charge is 2.11. The lowest BCUT2D eigenvalue weighted by atomic mass is 10.2. The molecular weight excluding hydrogens is 286 g/mol. The quantitative estimate of drug-likeness (QED) is 0.582. The number of hydrogen-bond donors (Lipinski definition) is 0. The first-order valence-corrected chi connectivity index (χ1v) is 7.27. The number of benzene rings is 2. The molecule has 2 heterocycles.